The number of ether oxygens (including phenoxy) is 1. The summed E-state index contributed by atoms with van der Waals surface area (Å²) in [5, 5.41) is 15.1. The summed E-state index contributed by atoms with van der Waals surface area (Å²) in [7, 11) is 1.56. The summed E-state index contributed by atoms with van der Waals surface area (Å²) < 4.78 is 47.1. The molecule has 6 nitrogen and oxygen atoms in total. The fourth-order valence-corrected chi connectivity index (χ4v) is 3.80. The fourth-order valence-electron chi connectivity index (χ4n) is 3.80. The quantitative estimate of drug-likeness (QED) is 0.399. The van der Waals surface area contributed by atoms with Crippen LogP contribution in [0.5, 0.6) is 17.4 Å². The van der Waals surface area contributed by atoms with E-state index in [1.165, 1.54) is 41.2 Å². The van der Waals surface area contributed by atoms with Crippen molar-refractivity contribution >= 4 is 16.7 Å². The van der Waals surface area contributed by atoms with Gasteiger partial charge in [0.1, 0.15) is 17.1 Å². The highest BCUT2D eigenvalue weighted by Crippen LogP contribution is 2.44. The van der Waals surface area contributed by atoms with Gasteiger partial charge in [0, 0.05) is 30.1 Å². The zero-order valence-corrected chi connectivity index (χ0v) is 17.4. The van der Waals surface area contributed by atoms with Crippen LogP contribution in [0.3, 0.4) is 0 Å². The van der Waals surface area contributed by atoms with Crippen LogP contribution < -0.4 is 4.74 Å². The number of aromatic hydroxyl groups is 1. The summed E-state index contributed by atoms with van der Waals surface area (Å²) >= 11 is 0. The maximum absolute atomic E-state index is 13.4. The molecule has 0 unspecified atom stereocenters. The molecule has 0 saturated heterocycles. The van der Waals surface area contributed by atoms with Gasteiger partial charge in [-0.3, -0.25) is 9.78 Å². The highest BCUT2D eigenvalue weighted by molar-refractivity contribution is 6.13. The minimum Gasteiger partial charge on any atom is -0.493 e. The van der Waals surface area contributed by atoms with Crippen molar-refractivity contribution in [2.24, 2.45) is 7.05 Å². The van der Waals surface area contributed by atoms with E-state index in [0.717, 1.165) is 18.9 Å². The Morgan fingerprint density at radius 3 is 2.61 bits per heavy atom. The first-order valence-electron chi connectivity index (χ1n) is 10.3. The number of carbonyl (C=O) groups is 1. The number of aryl methyl sites for hydroxylation is 1. The minimum absolute atomic E-state index is 0.129. The Labute approximate surface area is 186 Å². The summed E-state index contributed by atoms with van der Waals surface area (Å²) in [6.07, 6.45) is -1.37. The van der Waals surface area contributed by atoms with Crippen molar-refractivity contribution in [3.8, 4) is 17.4 Å². The molecule has 5 rings (SSSR count). The number of fused-ring (bicyclic) bond motifs is 1. The zero-order valence-electron chi connectivity index (χ0n) is 17.4. The van der Waals surface area contributed by atoms with E-state index in [9.17, 15) is 23.1 Å². The van der Waals surface area contributed by atoms with Crippen molar-refractivity contribution in [3.05, 3.63) is 77.1 Å². The number of hydrogen-bond donors (Lipinski definition) is 1. The molecule has 2 aromatic carbocycles. The number of aromatic nitrogens is 3. The van der Waals surface area contributed by atoms with Crippen molar-refractivity contribution in [2.75, 3.05) is 0 Å². The lowest BCUT2D eigenvalue weighted by Crippen LogP contribution is -2.07. The van der Waals surface area contributed by atoms with E-state index >= 15 is 0 Å². The summed E-state index contributed by atoms with van der Waals surface area (Å²) in [6.45, 7) is 0. The van der Waals surface area contributed by atoms with Crippen LogP contribution in [-0.2, 0) is 13.2 Å². The van der Waals surface area contributed by atoms with Crippen molar-refractivity contribution in [3.63, 3.8) is 0 Å². The Morgan fingerprint density at radius 1 is 1.12 bits per heavy atom. The van der Waals surface area contributed by atoms with Gasteiger partial charge < -0.3 is 9.84 Å². The van der Waals surface area contributed by atoms with Crippen LogP contribution in [0.25, 0.3) is 10.9 Å². The molecule has 0 radical (unpaired) electrons. The van der Waals surface area contributed by atoms with Crippen LogP contribution in [0.4, 0.5) is 13.2 Å². The van der Waals surface area contributed by atoms with Crippen molar-refractivity contribution < 1.29 is 27.8 Å². The molecule has 0 bridgehead atoms. The Kier molecular flexibility index (Phi) is 4.84. The monoisotopic (exact) mass is 453 g/mol. The van der Waals surface area contributed by atoms with Crippen LogP contribution in [0.2, 0.25) is 0 Å². The predicted octanol–water partition coefficient (Wildman–Crippen LogP) is 5.59. The summed E-state index contributed by atoms with van der Waals surface area (Å²) in [5.41, 5.74) is 0.493. The van der Waals surface area contributed by atoms with Crippen LogP contribution >= 0.6 is 0 Å². The van der Waals surface area contributed by atoms with Crippen molar-refractivity contribution in [1.29, 1.82) is 0 Å². The average Bonchev–Trinajstić information content (AvgIpc) is 3.59. The van der Waals surface area contributed by atoms with Gasteiger partial charge >= 0.3 is 6.18 Å². The molecule has 1 N–H and O–H groups in total. The van der Waals surface area contributed by atoms with Gasteiger partial charge in [-0.05, 0) is 49.2 Å². The molecule has 4 aromatic rings. The summed E-state index contributed by atoms with van der Waals surface area (Å²) in [5.74, 6) is -0.728. The molecule has 33 heavy (non-hydrogen) atoms. The maximum atomic E-state index is 13.4. The molecule has 1 aliphatic carbocycles. The number of ketones is 1. The largest absolute Gasteiger partial charge is 0.493 e. The predicted molar refractivity (Wildman–Crippen MR) is 114 cm³/mol. The molecule has 2 aromatic heterocycles. The van der Waals surface area contributed by atoms with Gasteiger partial charge in [-0.1, -0.05) is 12.1 Å². The number of pyridine rings is 1. The van der Waals surface area contributed by atoms with Crippen LogP contribution in [-0.4, -0.2) is 25.7 Å². The number of halogens is 3. The van der Waals surface area contributed by atoms with Gasteiger partial charge in [-0.15, -0.1) is 0 Å². The molecule has 0 atom stereocenters. The second-order valence-electron chi connectivity index (χ2n) is 7.95. The number of carbonyl (C=O) groups excluding carboxylic acids is 1. The van der Waals surface area contributed by atoms with E-state index in [1.807, 2.05) is 0 Å². The van der Waals surface area contributed by atoms with Gasteiger partial charge in [-0.2, -0.15) is 18.3 Å². The molecule has 1 aliphatic rings. The van der Waals surface area contributed by atoms with E-state index in [0.29, 0.717) is 16.6 Å². The third kappa shape index (κ3) is 3.79. The lowest BCUT2D eigenvalue weighted by Gasteiger charge is -2.15. The Balaban J connectivity index is 1.58. The Morgan fingerprint density at radius 2 is 1.88 bits per heavy atom. The molecule has 0 spiro atoms. The van der Waals surface area contributed by atoms with Gasteiger partial charge in [0.15, 0.2) is 5.78 Å². The number of hydrogen-bond acceptors (Lipinski definition) is 5. The minimum atomic E-state index is -4.59. The summed E-state index contributed by atoms with van der Waals surface area (Å²) in [4.78, 5) is 17.5. The lowest BCUT2D eigenvalue weighted by atomic mass is 9.99. The highest BCUT2D eigenvalue weighted by Gasteiger charge is 2.35. The molecule has 0 aliphatic heterocycles. The maximum Gasteiger partial charge on any atom is 0.419 e. The molecular weight excluding hydrogens is 435 g/mol. The Bertz CT molecular complexity index is 1390. The topological polar surface area (TPSA) is 77.2 Å². The van der Waals surface area contributed by atoms with E-state index in [1.54, 1.807) is 19.2 Å². The Hall–Kier alpha value is -3.88. The SMILES string of the molecule is Cn1nc(C2CC2)c(C(=O)c2ccc3nccc(Oc4ccccc4C(F)(F)F)c3c2)c1O. The fraction of sp³-hybridized carbons (Fsp3) is 0.208. The van der Waals surface area contributed by atoms with Crippen LogP contribution in [0, 0.1) is 0 Å². The molecule has 0 amide bonds. The zero-order chi connectivity index (χ0) is 23.3. The second-order valence-corrected chi connectivity index (χ2v) is 7.95. The molecule has 9 heteroatoms. The van der Waals surface area contributed by atoms with Gasteiger partial charge in [-0.25, -0.2) is 4.68 Å². The van der Waals surface area contributed by atoms with Gasteiger partial charge in [0.05, 0.1) is 16.8 Å². The number of rotatable bonds is 5. The van der Waals surface area contributed by atoms with Gasteiger partial charge in [0.25, 0.3) is 0 Å². The van der Waals surface area contributed by atoms with Crippen LogP contribution in [0.1, 0.15) is 45.9 Å². The van der Waals surface area contributed by atoms with E-state index in [-0.39, 0.29) is 34.4 Å². The third-order valence-electron chi connectivity index (χ3n) is 5.61. The number of nitrogens with zero attached hydrogens (tertiary/aromatic N) is 3. The molecule has 1 saturated carbocycles. The van der Waals surface area contributed by atoms with Crippen molar-refractivity contribution in [2.45, 2.75) is 24.9 Å². The number of alkyl halides is 3. The van der Waals surface area contributed by atoms with Crippen LogP contribution in [0.15, 0.2) is 54.7 Å². The van der Waals surface area contributed by atoms with E-state index in [4.69, 9.17) is 4.74 Å². The molecule has 1 fully saturated rings. The molecule has 168 valence electrons. The first kappa shape index (κ1) is 21.0. The second kappa shape index (κ2) is 7.61. The average molecular weight is 453 g/mol. The third-order valence-corrected chi connectivity index (χ3v) is 5.61. The van der Waals surface area contributed by atoms with Crippen molar-refractivity contribution in [1.82, 2.24) is 14.8 Å². The standard InChI is InChI=1S/C24H18F3N3O3/c1-30-23(32)20(21(29-30)13-6-7-13)22(31)14-8-9-17-15(12-14)18(10-11-28-17)33-19-5-3-2-4-16(19)24(25,26)27/h2-5,8-13,32H,6-7H2,1H3. The molecule has 2 heterocycles. The number of para-hydroxylation sites is 1. The smallest absolute Gasteiger partial charge is 0.419 e. The first-order valence-corrected chi connectivity index (χ1v) is 10.3. The van der Waals surface area contributed by atoms with E-state index in [2.05, 4.69) is 10.1 Å². The molecular formula is C24H18F3N3O3. The first-order chi connectivity index (χ1) is 15.7. The summed E-state index contributed by atoms with van der Waals surface area (Å²) in [6, 6.07) is 11.0. The lowest BCUT2D eigenvalue weighted by molar-refractivity contribution is -0.138. The van der Waals surface area contributed by atoms with E-state index < -0.39 is 17.5 Å². The normalized spacial score (nSPS) is 13.9. The van der Waals surface area contributed by atoms with Gasteiger partial charge in [0.2, 0.25) is 5.88 Å². The number of benzene rings is 2. The highest BCUT2D eigenvalue weighted by atomic mass is 19.4.